The lowest BCUT2D eigenvalue weighted by molar-refractivity contribution is 0.185. The second-order valence-electron chi connectivity index (χ2n) is 8.69. The van der Waals surface area contributed by atoms with Crippen LogP contribution in [0.4, 0.5) is 0 Å². The van der Waals surface area contributed by atoms with E-state index in [1.54, 1.807) is 6.33 Å². The van der Waals surface area contributed by atoms with Gasteiger partial charge in [-0.3, -0.25) is 4.90 Å². The van der Waals surface area contributed by atoms with Crippen LogP contribution < -0.4 is 0 Å². The molecule has 1 aliphatic rings. The van der Waals surface area contributed by atoms with Crippen molar-refractivity contribution in [2.24, 2.45) is 13.0 Å². The fraction of sp³-hybridized carbons (Fsp3) is 0.522. The molecule has 3 heterocycles. The lowest BCUT2D eigenvalue weighted by atomic mass is 9.96. The van der Waals surface area contributed by atoms with E-state index in [-0.39, 0.29) is 6.04 Å². The molecule has 29 heavy (non-hydrogen) atoms. The highest BCUT2D eigenvalue weighted by Crippen LogP contribution is 2.30. The largest absolute Gasteiger partial charge is 0.321 e. The summed E-state index contributed by atoms with van der Waals surface area (Å²) < 4.78 is 4.17. The van der Waals surface area contributed by atoms with Gasteiger partial charge in [0, 0.05) is 31.5 Å². The van der Waals surface area contributed by atoms with Gasteiger partial charge in [0.2, 0.25) is 0 Å². The highest BCUT2D eigenvalue weighted by atomic mass is 15.3. The first-order valence-corrected chi connectivity index (χ1v) is 10.6. The maximum absolute atomic E-state index is 4.73. The van der Waals surface area contributed by atoms with Gasteiger partial charge in [-0.05, 0) is 75.4 Å². The van der Waals surface area contributed by atoms with Gasteiger partial charge in [0.1, 0.15) is 12.2 Å². The summed E-state index contributed by atoms with van der Waals surface area (Å²) in [5.74, 6) is 2.78. The lowest BCUT2D eigenvalue weighted by Crippen LogP contribution is -2.32. The first-order chi connectivity index (χ1) is 13.9. The van der Waals surface area contributed by atoms with Crippen molar-refractivity contribution in [3.63, 3.8) is 0 Å². The third-order valence-corrected chi connectivity index (χ3v) is 6.40. The molecule has 3 aromatic rings. The average molecular weight is 393 g/mol. The number of aromatic nitrogens is 5. The summed E-state index contributed by atoms with van der Waals surface area (Å²) in [6.07, 6.45) is 8.28. The first-order valence-electron chi connectivity index (χ1n) is 10.6. The maximum Gasteiger partial charge on any atom is 0.155 e. The van der Waals surface area contributed by atoms with Crippen LogP contribution in [0.5, 0.6) is 0 Å². The zero-order chi connectivity index (χ0) is 20.5. The van der Waals surface area contributed by atoms with E-state index in [0.717, 1.165) is 24.1 Å². The average Bonchev–Trinajstić information content (AvgIpc) is 3.34. The van der Waals surface area contributed by atoms with Crippen molar-refractivity contribution in [2.45, 2.75) is 53.1 Å². The molecule has 6 heteroatoms. The van der Waals surface area contributed by atoms with Crippen LogP contribution in [0.3, 0.4) is 0 Å². The molecule has 1 aromatic carbocycles. The predicted octanol–water partition coefficient (Wildman–Crippen LogP) is 4.14. The molecule has 1 saturated heterocycles. The summed E-state index contributed by atoms with van der Waals surface area (Å²) in [5, 5.41) is 8.34. The topological polar surface area (TPSA) is 51.8 Å². The van der Waals surface area contributed by atoms with Gasteiger partial charge in [-0.2, -0.15) is 0 Å². The van der Waals surface area contributed by atoms with E-state index in [4.69, 9.17) is 4.98 Å². The molecular formula is C23H32N6. The quantitative estimate of drug-likeness (QED) is 0.655. The molecule has 154 valence electrons. The fourth-order valence-corrected chi connectivity index (χ4v) is 4.40. The normalized spacial score (nSPS) is 17.0. The van der Waals surface area contributed by atoms with Crippen LogP contribution in [0.1, 0.15) is 55.2 Å². The van der Waals surface area contributed by atoms with Gasteiger partial charge in [0.15, 0.2) is 5.82 Å². The monoisotopic (exact) mass is 392 g/mol. The summed E-state index contributed by atoms with van der Waals surface area (Å²) in [5.41, 5.74) is 5.23. The first kappa shape index (κ1) is 19.8. The van der Waals surface area contributed by atoms with Crippen molar-refractivity contribution in [3.8, 4) is 11.4 Å². The Labute approximate surface area is 173 Å². The number of hydrogen-bond acceptors (Lipinski definition) is 4. The van der Waals surface area contributed by atoms with Crippen molar-refractivity contribution >= 4 is 0 Å². The molecule has 0 amide bonds. The smallest absolute Gasteiger partial charge is 0.155 e. The van der Waals surface area contributed by atoms with Crippen molar-refractivity contribution in [1.29, 1.82) is 0 Å². The highest BCUT2D eigenvalue weighted by Gasteiger charge is 2.21. The van der Waals surface area contributed by atoms with Crippen molar-refractivity contribution in [1.82, 2.24) is 29.2 Å². The molecule has 4 rings (SSSR count). The number of hydrogen-bond donors (Lipinski definition) is 0. The Balaban J connectivity index is 1.66. The van der Waals surface area contributed by atoms with Gasteiger partial charge in [-0.15, -0.1) is 10.2 Å². The number of aryl methyl sites for hydroxylation is 3. The number of piperidine rings is 1. The van der Waals surface area contributed by atoms with Gasteiger partial charge in [0.05, 0.1) is 6.04 Å². The SMILES string of the molecule is Cc1cc(C)c(-c2nccn2[C@@H](C)c2nncn2C)cc1CN1CCC(C)CC1. The van der Waals surface area contributed by atoms with Crippen LogP contribution in [-0.2, 0) is 13.6 Å². The molecule has 0 N–H and O–H groups in total. The van der Waals surface area contributed by atoms with Crippen LogP contribution in [0, 0.1) is 19.8 Å². The summed E-state index contributed by atoms with van der Waals surface area (Å²) in [4.78, 5) is 7.32. The van der Waals surface area contributed by atoms with Gasteiger partial charge in [0.25, 0.3) is 0 Å². The standard InChI is InChI=1S/C23H32N6/c1-16-6-9-28(10-7-16)14-20-13-21(18(3)12-17(20)2)23-24-8-11-29(23)19(4)22-26-25-15-27(22)5/h8,11-13,15-16,19H,6-7,9-10,14H2,1-5H3/t19-/m0/s1. The summed E-state index contributed by atoms with van der Waals surface area (Å²) >= 11 is 0. The van der Waals surface area contributed by atoms with Crippen LogP contribution in [0.2, 0.25) is 0 Å². The Bertz CT molecular complexity index is 977. The summed E-state index contributed by atoms with van der Waals surface area (Å²) in [6, 6.07) is 4.72. The van der Waals surface area contributed by atoms with Crippen LogP contribution in [0.15, 0.2) is 30.9 Å². The van der Waals surface area contributed by atoms with Crippen molar-refractivity contribution < 1.29 is 0 Å². The number of likely N-dealkylation sites (tertiary alicyclic amines) is 1. The van der Waals surface area contributed by atoms with Gasteiger partial charge < -0.3 is 9.13 Å². The molecular weight excluding hydrogens is 360 g/mol. The Hall–Kier alpha value is -2.47. The predicted molar refractivity (Wildman–Crippen MR) is 116 cm³/mol. The second kappa shape index (κ2) is 8.11. The van der Waals surface area contributed by atoms with Crippen molar-refractivity contribution in [2.75, 3.05) is 13.1 Å². The molecule has 1 atom stereocenters. The number of imidazole rings is 1. The Kier molecular flexibility index (Phi) is 5.54. The third kappa shape index (κ3) is 3.99. The minimum atomic E-state index is 0.0627. The van der Waals surface area contributed by atoms with E-state index in [1.165, 1.54) is 48.2 Å². The molecule has 0 spiro atoms. The molecule has 0 saturated carbocycles. The van der Waals surface area contributed by atoms with Gasteiger partial charge in [-0.1, -0.05) is 13.0 Å². The minimum Gasteiger partial charge on any atom is -0.321 e. The molecule has 1 fully saturated rings. The minimum absolute atomic E-state index is 0.0627. The zero-order valence-electron chi connectivity index (χ0n) is 18.3. The van der Waals surface area contributed by atoms with Crippen molar-refractivity contribution in [3.05, 3.63) is 53.4 Å². The molecule has 0 bridgehead atoms. The van der Waals surface area contributed by atoms with E-state index in [9.17, 15) is 0 Å². The summed E-state index contributed by atoms with van der Waals surface area (Å²) in [6.45, 7) is 12.3. The molecule has 0 unspecified atom stereocenters. The van der Waals surface area contributed by atoms with E-state index in [2.05, 4.69) is 59.5 Å². The van der Waals surface area contributed by atoms with E-state index >= 15 is 0 Å². The lowest BCUT2D eigenvalue weighted by Gasteiger charge is -2.31. The molecule has 0 aliphatic carbocycles. The Morgan fingerprint density at radius 3 is 2.59 bits per heavy atom. The fourth-order valence-electron chi connectivity index (χ4n) is 4.40. The van der Waals surface area contributed by atoms with Gasteiger partial charge >= 0.3 is 0 Å². The number of benzene rings is 1. The summed E-state index contributed by atoms with van der Waals surface area (Å²) in [7, 11) is 1.98. The number of rotatable bonds is 5. The highest BCUT2D eigenvalue weighted by molar-refractivity contribution is 5.63. The van der Waals surface area contributed by atoms with E-state index in [1.807, 2.05) is 24.0 Å². The van der Waals surface area contributed by atoms with Gasteiger partial charge in [-0.25, -0.2) is 4.98 Å². The second-order valence-corrected chi connectivity index (χ2v) is 8.69. The van der Waals surface area contributed by atoms with Crippen LogP contribution in [0.25, 0.3) is 11.4 Å². The zero-order valence-corrected chi connectivity index (χ0v) is 18.3. The van der Waals surface area contributed by atoms with Crippen LogP contribution >= 0.6 is 0 Å². The van der Waals surface area contributed by atoms with E-state index < -0.39 is 0 Å². The molecule has 2 aromatic heterocycles. The Morgan fingerprint density at radius 1 is 1.14 bits per heavy atom. The molecule has 6 nitrogen and oxygen atoms in total. The van der Waals surface area contributed by atoms with E-state index in [0.29, 0.717) is 0 Å². The molecule has 0 radical (unpaired) electrons. The molecule has 1 aliphatic heterocycles. The number of nitrogens with zero attached hydrogens (tertiary/aromatic N) is 6. The Morgan fingerprint density at radius 2 is 1.90 bits per heavy atom. The van der Waals surface area contributed by atoms with Crippen LogP contribution in [-0.4, -0.2) is 42.3 Å². The third-order valence-electron chi connectivity index (χ3n) is 6.40. The maximum atomic E-state index is 4.73.